The highest BCUT2D eigenvalue weighted by atomic mass is 19.1. The molecule has 2 amide bonds. The number of hydrogen-bond donors (Lipinski definition) is 1. The Bertz CT molecular complexity index is 999. The molecule has 4 rings (SSSR count). The number of nitriles is 1. The highest BCUT2D eigenvalue weighted by molar-refractivity contribution is 6.01. The van der Waals surface area contributed by atoms with Crippen LogP contribution < -0.4 is 10.2 Å². The number of fused-ring (bicyclic) bond motifs is 2. The Hall–Kier alpha value is -3.12. The van der Waals surface area contributed by atoms with Gasteiger partial charge in [0.05, 0.1) is 24.2 Å². The first kappa shape index (κ1) is 24.0. The van der Waals surface area contributed by atoms with Crippen molar-refractivity contribution >= 4 is 17.7 Å². The first-order valence-corrected chi connectivity index (χ1v) is 11.7. The summed E-state index contributed by atoms with van der Waals surface area (Å²) in [6.45, 7) is 11.3. The number of hydrogen-bond acceptors (Lipinski definition) is 6. The zero-order valence-electron chi connectivity index (χ0n) is 20.0. The van der Waals surface area contributed by atoms with E-state index in [4.69, 9.17) is 4.74 Å². The van der Waals surface area contributed by atoms with Crippen molar-refractivity contribution in [2.45, 2.75) is 69.8 Å². The van der Waals surface area contributed by atoms with Crippen molar-refractivity contribution in [3.8, 4) is 6.07 Å². The fourth-order valence-electron chi connectivity index (χ4n) is 5.17. The Morgan fingerprint density at radius 1 is 1.35 bits per heavy atom. The van der Waals surface area contributed by atoms with Gasteiger partial charge in [-0.3, -0.25) is 9.69 Å². The third kappa shape index (κ3) is 4.87. The van der Waals surface area contributed by atoms with Gasteiger partial charge >= 0.3 is 6.09 Å². The van der Waals surface area contributed by atoms with E-state index in [9.17, 15) is 19.2 Å². The minimum Gasteiger partial charge on any atom is -0.444 e. The van der Waals surface area contributed by atoms with E-state index in [-0.39, 0.29) is 29.8 Å². The number of alkyl carbamates (subject to hydrolysis) is 1. The molecule has 8 nitrogen and oxygen atoms in total. The molecule has 1 aromatic rings. The summed E-state index contributed by atoms with van der Waals surface area (Å²) in [5.74, 6) is -0.366. The molecule has 182 valence electrons. The summed E-state index contributed by atoms with van der Waals surface area (Å²) < 4.78 is 18.8. The number of anilines is 1. The largest absolute Gasteiger partial charge is 0.444 e. The van der Waals surface area contributed by atoms with E-state index in [2.05, 4.69) is 22.9 Å². The molecule has 0 saturated carbocycles. The summed E-state index contributed by atoms with van der Waals surface area (Å²) in [5, 5.41) is 12.5. The predicted octanol–water partition coefficient (Wildman–Crippen LogP) is 3.01. The van der Waals surface area contributed by atoms with E-state index < -0.39 is 17.7 Å². The lowest BCUT2D eigenvalue weighted by Crippen LogP contribution is -2.56. The SMILES string of the molecule is C=C([C@H](CN1CC2CC1C(=O)N2c1ccc(F)cc1)NC(=O)OC(C)(C)C)N1CCCC1C#N. The van der Waals surface area contributed by atoms with Crippen LogP contribution in [0, 0.1) is 17.1 Å². The Morgan fingerprint density at radius 2 is 2.06 bits per heavy atom. The monoisotopic (exact) mass is 469 g/mol. The second-order valence-electron chi connectivity index (χ2n) is 10.2. The van der Waals surface area contributed by atoms with Gasteiger partial charge in [-0.25, -0.2) is 9.18 Å². The Labute approximate surface area is 199 Å². The number of amides is 2. The molecule has 34 heavy (non-hydrogen) atoms. The average Bonchev–Trinajstić information content (AvgIpc) is 3.46. The van der Waals surface area contributed by atoms with Crippen LogP contribution in [-0.4, -0.2) is 71.2 Å². The Morgan fingerprint density at radius 3 is 2.68 bits per heavy atom. The van der Waals surface area contributed by atoms with Gasteiger partial charge in [0.25, 0.3) is 0 Å². The maximum Gasteiger partial charge on any atom is 0.408 e. The summed E-state index contributed by atoms with van der Waals surface area (Å²) in [4.78, 5) is 31.6. The lowest BCUT2D eigenvalue weighted by atomic mass is 10.1. The molecule has 0 spiro atoms. The van der Waals surface area contributed by atoms with Gasteiger partial charge in [0.15, 0.2) is 0 Å². The summed E-state index contributed by atoms with van der Waals surface area (Å²) in [6, 6.07) is 7.17. The third-order valence-electron chi connectivity index (χ3n) is 6.65. The summed E-state index contributed by atoms with van der Waals surface area (Å²) >= 11 is 0. The second kappa shape index (κ2) is 9.26. The minimum atomic E-state index is -0.656. The third-order valence-corrected chi connectivity index (χ3v) is 6.65. The lowest BCUT2D eigenvalue weighted by molar-refractivity contribution is -0.122. The molecule has 3 fully saturated rings. The second-order valence-corrected chi connectivity index (χ2v) is 10.2. The zero-order valence-corrected chi connectivity index (χ0v) is 20.0. The highest BCUT2D eigenvalue weighted by Crippen LogP contribution is 2.36. The predicted molar refractivity (Wildman–Crippen MR) is 125 cm³/mol. The number of halogens is 1. The van der Waals surface area contributed by atoms with Gasteiger partial charge in [0, 0.05) is 31.0 Å². The van der Waals surface area contributed by atoms with E-state index >= 15 is 0 Å². The van der Waals surface area contributed by atoms with Gasteiger partial charge in [-0.05, 0) is 64.3 Å². The van der Waals surface area contributed by atoms with Gasteiger partial charge in [0.2, 0.25) is 5.91 Å². The zero-order chi connectivity index (χ0) is 24.6. The highest BCUT2D eigenvalue weighted by Gasteiger charge is 2.50. The Balaban J connectivity index is 1.49. The van der Waals surface area contributed by atoms with Crippen LogP contribution in [0.25, 0.3) is 0 Å². The van der Waals surface area contributed by atoms with Crippen molar-refractivity contribution in [2.75, 3.05) is 24.5 Å². The summed E-state index contributed by atoms with van der Waals surface area (Å²) in [6.07, 6.45) is 1.76. The van der Waals surface area contributed by atoms with Gasteiger partial charge in [-0.2, -0.15) is 5.26 Å². The smallest absolute Gasteiger partial charge is 0.408 e. The molecule has 3 heterocycles. The average molecular weight is 470 g/mol. The van der Waals surface area contributed by atoms with Crippen molar-refractivity contribution in [2.24, 2.45) is 0 Å². The molecule has 3 unspecified atom stereocenters. The van der Waals surface area contributed by atoms with Crippen LogP contribution in [0.15, 0.2) is 36.5 Å². The summed E-state index contributed by atoms with van der Waals surface area (Å²) in [5.41, 5.74) is 0.692. The maximum atomic E-state index is 13.3. The fourth-order valence-corrected chi connectivity index (χ4v) is 5.17. The van der Waals surface area contributed by atoms with E-state index in [0.29, 0.717) is 37.4 Å². The molecular formula is C25H32FN5O3. The van der Waals surface area contributed by atoms with Crippen LogP contribution >= 0.6 is 0 Å². The first-order chi connectivity index (χ1) is 16.1. The fraction of sp³-hybridized carbons (Fsp3) is 0.560. The number of piperazine rings is 1. The van der Waals surface area contributed by atoms with Gasteiger partial charge in [-0.1, -0.05) is 6.58 Å². The van der Waals surface area contributed by atoms with Crippen LogP contribution in [0.4, 0.5) is 14.9 Å². The van der Waals surface area contributed by atoms with E-state index in [1.807, 2.05) is 4.90 Å². The molecule has 1 N–H and O–H groups in total. The molecular weight excluding hydrogens is 437 g/mol. The molecule has 4 atom stereocenters. The van der Waals surface area contributed by atoms with Crippen molar-refractivity contribution in [3.05, 3.63) is 42.4 Å². The molecule has 1 aromatic carbocycles. The molecule has 0 aromatic heterocycles. The molecule has 2 bridgehead atoms. The standard InChI is InChI=1S/C25H32FN5O3/c1-16(30-11-5-6-19(30)13-27)21(28-24(33)34-25(2,3)4)15-29-14-20-12-22(29)23(32)31(20)18-9-7-17(26)8-10-18/h7-10,19-22H,1,5-6,11-12,14-15H2,2-4H3,(H,28,33)/t19?,20?,21-,22?/m0/s1. The first-order valence-electron chi connectivity index (χ1n) is 11.7. The van der Waals surface area contributed by atoms with Gasteiger partial charge < -0.3 is 19.9 Å². The number of benzene rings is 1. The van der Waals surface area contributed by atoms with Crippen LogP contribution in [0.1, 0.15) is 40.0 Å². The molecule has 0 aliphatic carbocycles. The van der Waals surface area contributed by atoms with Gasteiger partial charge in [-0.15, -0.1) is 0 Å². The van der Waals surface area contributed by atoms with E-state index in [1.54, 1.807) is 37.8 Å². The maximum absolute atomic E-state index is 13.3. The summed E-state index contributed by atoms with van der Waals surface area (Å²) in [7, 11) is 0. The van der Waals surface area contributed by atoms with E-state index in [0.717, 1.165) is 12.8 Å². The van der Waals surface area contributed by atoms with E-state index in [1.165, 1.54) is 12.1 Å². The number of carbonyl (C=O) groups is 2. The van der Waals surface area contributed by atoms with Crippen LogP contribution in [0.3, 0.4) is 0 Å². The molecule has 3 aliphatic heterocycles. The topological polar surface area (TPSA) is 88.9 Å². The van der Waals surface area contributed by atoms with Crippen molar-refractivity contribution in [1.29, 1.82) is 5.26 Å². The van der Waals surface area contributed by atoms with Crippen LogP contribution in [0.5, 0.6) is 0 Å². The Kier molecular flexibility index (Phi) is 6.54. The number of rotatable bonds is 6. The molecule has 3 aliphatic rings. The van der Waals surface area contributed by atoms with Crippen LogP contribution in [0.2, 0.25) is 0 Å². The number of nitrogens with one attached hydrogen (secondary N) is 1. The normalized spacial score (nSPS) is 25.4. The van der Waals surface area contributed by atoms with Crippen LogP contribution in [-0.2, 0) is 9.53 Å². The quantitative estimate of drug-likeness (QED) is 0.689. The number of nitrogens with zero attached hydrogens (tertiary/aromatic N) is 4. The number of likely N-dealkylation sites (tertiary alicyclic amines) is 2. The van der Waals surface area contributed by atoms with Crippen molar-refractivity contribution in [1.82, 2.24) is 15.1 Å². The number of ether oxygens (including phenoxy) is 1. The number of carbonyl (C=O) groups excluding carboxylic acids is 2. The van der Waals surface area contributed by atoms with Gasteiger partial charge in [0.1, 0.15) is 17.5 Å². The lowest BCUT2D eigenvalue weighted by Gasteiger charge is -2.38. The van der Waals surface area contributed by atoms with Crippen molar-refractivity contribution < 1.29 is 18.7 Å². The molecule has 3 saturated heterocycles. The minimum absolute atomic E-state index is 0.0166. The molecule has 0 radical (unpaired) electrons. The molecule has 9 heteroatoms. The van der Waals surface area contributed by atoms with Crippen molar-refractivity contribution in [3.63, 3.8) is 0 Å².